The van der Waals surface area contributed by atoms with E-state index in [1.54, 1.807) is 24.3 Å². The Labute approximate surface area is 126 Å². The molecule has 2 N–H and O–H groups in total. The summed E-state index contributed by atoms with van der Waals surface area (Å²) in [6.07, 6.45) is 0. The molecule has 2 aromatic carbocycles. The van der Waals surface area contributed by atoms with Crippen LogP contribution in [0.1, 0.15) is 26.3 Å². The van der Waals surface area contributed by atoms with E-state index in [4.69, 9.17) is 15.2 Å². The lowest BCUT2D eigenvalue weighted by atomic mass is 10.1. The Morgan fingerprint density at radius 3 is 2.27 bits per heavy atom. The van der Waals surface area contributed by atoms with Gasteiger partial charge in [-0.15, -0.1) is 0 Å². The summed E-state index contributed by atoms with van der Waals surface area (Å²) in [5.74, 6) is -1.76. The molecule has 0 bridgehead atoms. The first-order valence-corrected chi connectivity index (χ1v) is 6.40. The van der Waals surface area contributed by atoms with Crippen molar-refractivity contribution in [2.75, 3.05) is 7.11 Å². The van der Waals surface area contributed by atoms with Gasteiger partial charge in [0.05, 0.1) is 12.7 Å². The van der Waals surface area contributed by atoms with Gasteiger partial charge in [0.25, 0.3) is 0 Å². The number of esters is 1. The van der Waals surface area contributed by atoms with E-state index in [2.05, 4.69) is 0 Å². The predicted molar refractivity (Wildman–Crippen MR) is 77.0 cm³/mol. The average molecular weight is 303 g/mol. The van der Waals surface area contributed by atoms with Gasteiger partial charge in [0, 0.05) is 5.56 Å². The maximum Gasteiger partial charge on any atom is 0.338 e. The molecule has 0 unspecified atom stereocenters. The van der Waals surface area contributed by atoms with E-state index in [1.807, 2.05) is 0 Å². The summed E-state index contributed by atoms with van der Waals surface area (Å²) in [5.41, 5.74) is 6.27. The molecular formula is C16H14FNO4. The zero-order chi connectivity index (χ0) is 16.1. The van der Waals surface area contributed by atoms with Crippen LogP contribution in [0, 0.1) is 5.82 Å². The lowest BCUT2D eigenvalue weighted by Gasteiger charge is -2.07. The summed E-state index contributed by atoms with van der Waals surface area (Å²) >= 11 is 0. The van der Waals surface area contributed by atoms with E-state index in [1.165, 1.54) is 19.2 Å². The molecule has 114 valence electrons. The highest BCUT2D eigenvalue weighted by Crippen LogP contribution is 2.18. The topological polar surface area (TPSA) is 78.6 Å². The van der Waals surface area contributed by atoms with Gasteiger partial charge >= 0.3 is 5.97 Å². The standard InChI is InChI=1S/C16H14FNO4/c1-21-14-7-6-12(8-13(14)17)16(20)22-9-10-2-4-11(5-3-10)15(18)19/h2-8H,9H2,1H3,(H2,18,19). The largest absolute Gasteiger partial charge is 0.494 e. The third-order valence-corrected chi connectivity index (χ3v) is 3.00. The fourth-order valence-corrected chi connectivity index (χ4v) is 1.79. The van der Waals surface area contributed by atoms with Crippen LogP contribution in [0.25, 0.3) is 0 Å². The van der Waals surface area contributed by atoms with Crippen LogP contribution in [0.4, 0.5) is 4.39 Å². The molecule has 5 nitrogen and oxygen atoms in total. The number of carbonyl (C=O) groups is 2. The van der Waals surface area contributed by atoms with E-state index in [0.717, 1.165) is 6.07 Å². The van der Waals surface area contributed by atoms with E-state index in [0.29, 0.717) is 11.1 Å². The first-order valence-electron chi connectivity index (χ1n) is 6.40. The zero-order valence-corrected chi connectivity index (χ0v) is 11.8. The Hall–Kier alpha value is -2.89. The Bertz CT molecular complexity index is 698. The number of amides is 1. The lowest BCUT2D eigenvalue weighted by Crippen LogP contribution is -2.11. The quantitative estimate of drug-likeness (QED) is 0.860. The van der Waals surface area contributed by atoms with Gasteiger partial charge in [-0.2, -0.15) is 0 Å². The maximum absolute atomic E-state index is 13.5. The number of benzene rings is 2. The van der Waals surface area contributed by atoms with Crippen LogP contribution in [-0.2, 0) is 11.3 Å². The van der Waals surface area contributed by atoms with Gasteiger partial charge in [0.1, 0.15) is 6.61 Å². The molecule has 2 rings (SSSR count). The van der Waals surface area contributed by atoms with Crippen molar-refractivity contribution in [2.24, 2.45) is 5.73 Å². The van der Waals surface area contributed by atoms with Crippen molar-refractivity contribution in [2.45, 2.75) is 6.61 Å². The number of halogens is 1. The number of hydrogen-bond donors (Lipinski definition) is 1. The molecule has 6 heteroatoms. The molecule has 0 aliphatic carbocycles. The minimum Gasteiger partial charge on any atom is -0.494 e. The van der Waals surface area contributed by atoms with Crippen LogP contribution in [0.3, 0.4) is 0 Å². The molecule has 0 heterocycles. The SMILES string of the molecule is COc1ccc(C(=O)OCc2ccc(C(N)=O)cc2)cc1F. The zero-order valence-electron chi connectivity index (χ0n) is 11.8. The normalized spacial score (nSPS) is 10.1. The second-order valence-electron chi connectivity index (χ2n) is 4.49. The number of ether oxygens (including phenoxy) is 2. The summed E-state index contributed by atoms with van der Waals surface area (Å²) in [5, 5.41) is 0. The first kappa shape index (κ1) is 15.5. The lowest BCUT2D eigenvalue weighted by molar-refractivity contribution is 0.0472. The number of hydrogen-bond acceptors (Lipinski definition) is 4. The third kappa shape index (κ3) is 3.60. The van der Waals surface area contributed by atoms with E-state index in [-0.39, 0.29) is 17.9 Å². The highest BCUT2D eigenvalue weighted by molar-refractivity contribution is 5.92. The first-order chi connectivity index (χ1) is 10.5. The van der Waals surface area contributed by atoms with Crippen molar-refractivity contribution >= 4 is 11.9 Å². The molecular weight excluding hydrogens is 289 g/mol. The fourth-order valence-electron chi connectivity index (χ4n) is 1.79. The van der Waals surface area contributed by atoms with Gasteiger partial charge < -0.3 is 15.2 Å². The summed E-state index contributed by atoms with van der Waals surface area (Å²) in [4.78, 5) is 22.8. The van der Waals surface area contributed by atoms with Gasteiger partial charge in [0.15, 0.2) is 11.6 Å². The molecule has 0 aliphatic rings. The molecule has 1 amide bonds. The molecule has 22 heavy (non-hydrogen) atoms. The van der Waals surface area contributed by atoms with Crippen LogP contribution in [0.15, 0.2) is 42.5 Å². The van der Waals surface area contributed by atoms with Crippen molar-refractivity contribution in [1.29, 1.82) is 0 Å². The van der Waals surface area contributed by atoms with Crippen molar-refractivity contribution < 1.29 is 23.5 Å². The average Bonchev–Trinajstić information content (AvgIpc) is 2.52. The molecule has 0 fully saturated rings. The second-order valence-corrected chi connectivity index (χ2v) is 4.49. The van der Waals surface area contributed by atoms with Gasteiger partial charge in [-0.25, -0.2) is 9.18 Å². The van der Waals surface area contributed by atoms with Crippen molar-refractivity contribution in [3.05, 3.63) is 65.0 Å². The van der Waals surface area contributed by atoms with Crippen molar-refractivity contribution in [3.63, 3.8) is 0 Å². The number of primary amides is 1. The smallest absolute Gasteiger partial charge is 0.338 e. The molecule has 0 aliphatic heterocycles. The molecule has 0 spiro atoms. The van der Waals surface area contributed by atoms with Crippen molar-refractivity contribution in [1.82, 2.24) is 0 Å². The molecule has 0 aromatic heterocycles. The van der Waals surface area contributed by atoms with Crippen LogP contribution in [0.5, 0.6) is 5.75 Å². The highest BCUT2D eigenvalue weighted by atomic mass is 19.1. The maximum atomic E-state index is 13.5. The Morgan fingerprint density at radius 1 is 1.09 bits per heavy atom. The van der Waals surface area contributed by atoms with E-state index >= 15 is 0 Å². The molecule has 2 aromatic rings. The third-order valence-electron chi connectivity index (χ3n) is 3.00. The molecule has 0 atom stereocenters. The Morgan fingerprint density at radius 2 is 1.73 bits per heavy atom. The van der Waals surface area contributed by atoms with Crippen molar-refractivity contribution in [3.8, 4) is 5.75 Å². The van der Waals surface area contributed by atoms with Gasteiger partial charge in [-0.05, 0) is 35.9 Å². The predicted octanol–water partition coefficient (Wildman–Crippen LogP) is 2.29. The van der Waals surface area contributed by atoms with Crippen LogP contribution in [-0.4, -0.2) is 19.0 Å². The van der Waals surface area contributed by atoms with Crippen LogP contribution in [0.2, 0.25) is 0 Å². The van der Waals surface area contributed by atoms with E-state index < -0.39 is 17.7 Å². The Balaban J connectivity index is 2.00. The van der Waals surface area contributed by atoms with Crippen LogP contribution < -0.4 is 10.5 Å². The molecule has 0 radical (unpaired) electrons. The summed E-state index contributed by atoms with van der Waals surface area (Å²) < 4.78 is 23.4. The summed E-state index contributed by atoms with van der Waals surface area (Å²) in [6, 6.07) is 10.2. The number of carbonyl (C=O) groups excluding carboxylic acids is 2. The Kier molecular flexibility index (Phi) is 4.73. The highest BCUT2D eigenvalue weighted by Gasteiger charge is 2.11. The monoisotopic (exact) mass is 303 g/mol. The summed E-state index contributed by atoms with van der Waals surface area (Å²) in [6.45, 7) is 0.00548. The fraction of sp³-hybridized carbons (Fsp3) is 0.125. The number of methoxy groups -OCH3 is 1. The summed E-state index contributed by atoms with van der Waals surface area (Å²) in [7, 11) is 1.34. The minimum absolute atomic E-state index is 0.00548. The van der Waals surface area contributed by atoms with Crippen LogP contribution >= 0.6 is 0 Å². The number of nitrogens with two attached hydrogens (primary N) is 1. The molecule has 0 saturated heterocycles. The van der Waals surface area contributed by atoms with E-state index in [9.17, 15) is 14.0 Å². The van der Waals surface area contributed by atoms with Gasteiger partial charge in [-0.3, -0.25) is 4.79 Å². The van der Waals surface area contributed by atoms with Gasteiger partial charge in [0.2, 0.25) is 5.91 Å². The minimum atomic E-state index is -0.652. The number of rotatable bonds is 5. The second kappa shape index (κ2) is 6.71. The van der Waals surface area contributed by atoms with Gasteiger partial charge in [-0.1, -0.05) is 12.1 Å². The molecule has 0 saturated carbocycles.